The fraction of sp³-hybridized carbons (Fsp3) is 0.654. The lowest BCUT2D eigenvalue weighted by molar-refractivity contribution is -0.185. The van der Waals surface area contributed by atoms with Gasteiger partial charge in [-0.1, -0.05) is 18.9 Å². The highest BCUT2D eigenvalue weighted by Crippen LogP contribution is 2.64. The van der Waals surface area contributed by atoms with E-state index in [9.17, 15) is 19.5 Å². The normalized spacial score (nSPS) is 33.2. The van der Waals surface area contributed by atoms with Crippen molar-refractivity contribution in [3.63, 3.8) is 0 Å². The molecule has 3 heterocycles. The molecule has 1 aromatic rings. The molecule has 2 amide bonds. The van der Waals surface area contributed by atoms with Crippen LogP contribution in [0.3, 0.4) is 0 Å². The van der Waals surface area contributed by atoms with E-state index in [1.165, 1.54) is 0 Å². The number of benzene rings is 1. The minimum atomic E-state index is -1.08. The van der Waals surface area contributed by atoms with Crippen molar-refractivity contribution in [2.75, 3.05) is 33.2 Å². The number of carbonyl (C=O) groups is 3. The zero-order chi connectivity index (χ0) is 25.1. The minimum Gasteiger partial charge on any atom is -0.477 e. The van der Waals surface area contributed by atoms with Gasteiger partial charge in [-0.05, 0) is 57.3 Å². The molecule has 0 radical (unpaired) electrons. The summed E-state index contributed by atoms with van der Waals surface area (Å²) in [4.78, 5) is 40.2. The maximum absolute atomic E-state index is 13.0. The molecule has 4 atom stereocenters. The summed E-state index contributed by atoms with van der Waals surface area (Å²) in [6.45, 7) is 2.14. The Morgan fingerprint density at radius 3 is 2.72 bits per heavy atom. The number of hydrogen-bond donors (Lipinski definition) is 3. The number of nitrogens with one attached hydrogen (secondary N) is 2. The first-order valence-electron chi connectivity index (χ1n) is 13.1. The van der Waals surface area contributed by atoms with E-state index in [2.05, 4.69) is 15.6 Å². The molecule has 1 saturated carbocycles. The molecule has 6 rings (SSSR count). The second-order valence-corrected chi connectivity index (χ2v) is 10.9. The van der Waals surface area contributed by atoms with Gasteiger partial charge in [0.25, 0.3) is 5.91 Å². The van der Waals surface area contributed by atoms with Crippen LogP contribution in [0, 0.1) is 0 Å². The molecule has 194 valence electrons. The van der Waals surface area contributed by atoms with Gasteiger partial charge in [-0.2, -0.15) is 0 Å². The first-order chi connectivity index (χ1) is 17.3. The van der Waals surface area contributed by atoms with Crippen molar-refractivity contribution < 1.29 is 29.0 Å². The molecule has 2 saturated heterocycles. The molecule has 3 fully saturated rings. The molecule has 2 aliphatic carbocycles. The van der Waals surface area contributed by atoms with Crippen LogP contribution < -0.4 is 20.2 Å². The van der Waals surface area contributed by atoms with E-state index in [4.69, 9.17) is 9.47 Å². The maximum Gasteiger partial charge on any atom is 0.413 e. The fourth-order valence-electron chi connectivity index (χ4n) is 7.29. The van der Waals surface area contributed by atoms with Gasteiger partial charge < -0.3 is 24.8 Å². The Hall–Kier alpha value is -2.69. The molecular formula is C26H34N4O6. The summed E-state index contributed by atoms with van der Waals surface area (Å²) in [6.07, 6.45) is 4.73. The number of likely N-dealkylation sites (tertiary alicyclic amines) is 1. The zero-order valence-corrected chi connectivity index (χ0v) is 20.7. The number of rotatable bonds is 4. The van der Waals surface area contributed by atoms with Gasteiger partial charge in [-0.15, -0.1) is 0 Å². The van der Waals surface area contributed by atoms with Crippen molar-refractivity contribution in [3.8, 4) is 11.5 Å². The molecule has 10 nitrogen and oxygen atoms in total. The van der Waals surface area contributed by atoms with Crippen molar-refractivity contribution in [3.05, 3.63) is 23.3 Å². The largest absolute Gasteiger partial charge is 0.477 e. The van der Waals surface area contributed by atoms with Crippen LogP contribution in [0.1, 0.15) is 56.1 Å². The van der Waals surface area contributed by atoms with Crippen LogP contribution in [-0.2, 0) is 21.4 Å². The molecule has 1 aromatic carbocycles. The number of nitrogens with zero attached hydrogens (tertiary/aromatic N) is 2. The van der Waals surface area contributed by atoms with Gasteiger partial charge in [0, 0.05) is 31.1 Å². The number of piperidine rings is 1. The predicted octanol–water partition coefficient (Wildman–Crippen LogP) is 1.04. The van der Waals surface area contributed by atoms with Crippen molar-refractivity contribution in [1.82, 2.24) is 20.7 Å². The highest BCUT2D eigenvalue weighted by molar-refractivity contribution is 5.90. The van der Waals surface area contributed by atoms with Gasteiger partial charge in [0.1, 0.15) is 6.54 Å². The molecule has 2 bridgehead atoms. The Labute approximate surface area is 210 Å². The number of likely N-dealkylation sites (N-methyl/N-ethyl adjacent to an activating group) is 1. The van der Waals surface area contributed by atoms with Crippen LogP contribution >= 0.6 is 0 Å². The average molecular weight is 499 g/mol. The third kappa shape index (κ3) is 3.45. The predicted molar refractivity (Wildman–Crippen MR) is 129 cm³/mol. The number of carbonyl (C=O) groups excluding carboxylic acids is 3. The summed E-state index contributed by atoms with van der Waals surface area (Å²) in [5.74, 6) is 0.249. The quantitative estimate of drug-likeness (QED) is 0.563. The molecule has 5 aliphatic rings. The number of hydrogen-bond acceptors (Lipinski definition) is 8. The third-order valence-electron chi connectivity index (χ3n) is 9.00. The van der Waals surface area contributed by atoms with E-state index in [-0.39, 0.29) is 36.4 Å². The van der Waals surface area contributed by atoms with Crippen LogP contribution in [0.2, 0.25) is 0 Å². The second-order valence-electron chi connectivity index (χ2n) is 10.9. The van der Waals surface area contributed by atoms with Crippen molar-refractivity contribution in [1.29, 1.82) is 0 Å². The van der Waals surface area contributed by atoms with E-state index in [1.807, 2.05) is 18.1 Å². The van der Waals surface area contributed by atoms with E-state index < -0.39 is 23.2 Å². The Morgan fingerprint density at radius 2 is 1.94 bits per heavy atom. The van der Waals surface area contributed by atoms with E-state index in [0.29, 0.717) is 25.0 Å². The first kappa shape index (κ1) is 23.7. The van der Waals surface area contributed by atoms with Gasteiger partial charge >= 0.3 is 6.09 Å². The number of amides is 2. The third-order valence-corrected chi connectivity index (χ3v) is 9.00. The van der Waals surface area contributed by atoms with Crippen LogP contribution in [0.5, 0.6) is 11.5 Å². The van der Waals surface area contributed by atoms with E-state index in [1.54, 1.807) is 6.07 Å². The molecule has 0 aromatic heterocycles. The lowest BCUT2D eigenvalue weighted by atomic mass is 9.49. The fourth-order valence-corrected chi connectivity index (χ4v) is 7.29. The highest BCUT2D eigenvalue weighted by Gasteiger charge is 2.72. The Morgan fingerprint density at radius 1 is 1.17 bits per heavy atom. The topological polar surface area (TPSA) is 120 Å². The number of Topliss-reactive ketones (excluding diaryl/α,β-unsaturated/α-hetero) is 1. The summed E-state index contributed by atoms with van der Waals surface area (Å²) in [7, 11) is 2.02. The van der Waals surface area contributed by atoms with Crippen molar-refractivity contribution in [2.24, 2.45) is 0 Å². The molecule has 0 unspecified atom stereocenters. The Balaban J connectivity index is 1.20. The van der Waals surface area contributed by atoms with Crippen LogP contribution in [0.4, 0.5) is 4.79 Å². The lowest BCUT2D eigenvalue weighted by Gasteiger charge is -2.61. The standard InChI is InChI=1S/C26H34N4O6/c1-29-13-10-25-21-16-6-7-18(22(21)36-23(25)17(31)8-9-26(25,34)19(29)14-16)35-24(33)27-15-20(32)28-30-11-4-2-3-5-12-30/h6-7,19,23,34H,2-5,8-15H2,1H3,(H,27,33)(H,28,32)/t19-,23+,25+,26-/m1/s1. The Bertz CT molecular complexity index is 1100. The number of aliphatic hydroxyl groups is 1. The van der Waals surface area contributed by atoms with Gasteiger partial charge in [-0.25, -0.2) is 9.80 Å². The van der Waals surface area contributed by atoms with Crippen molar-refractivity contribution in [2.45, 2.75) is 74.5 Å². The smallest absolute Gasteiger partial charge is 0.413 e. The van der Waals surface area contributed by atoms with Crippen LogP contribution in [0.25, 0.3) is 0 Å². The summed E-state index contributed by atoms with van der Waals surface area (Å²) in [5.41, 5.74) is 2.77. The van der Waals surface area contributed by atoms with Crippen LogP contribution in [-0.4, -0.2) is 83.8 Å². The maximum atomic E-state index is 13.0. The van der Waals surface area contributed by atoms with E-state index >= 15 is 0 Å². The molecular weight excluding hydrogens is 464 g/mol. The zero-order valence-electron chi connectivity index (χ0n) is 20.7. The summed E-state index contributed by atoms with van der Waals surface area (Å²) < 4.78 is 11.8. The molecule has 10 heteroatoms. The first-order valence-corrected chi connectivity index (χ1v) is 13.1. The van der Waals surface area contributed by atoms with Crippen molar-refractivity contribution >= 4 is 17.8 Å². The van der Waals surface area contributed by atoms with Gasteiger partial charge in [0.05, 0.1) is 11.0 Å². The monoisotopic (exact) mass is 498 g/mol. The number of hydrazine groups is 1. The minimum absolute atomic E-state index is 0.0207. The van der Waals surface area contributed by atoms with Gasteiger partial charge in [-0.3, -0.25) is 15.0 Å². The molecule has 3 N–H and O–H groups in total. The number of ether oxygens (including phenoxy) is 2. The summed E-state index contributed by atoms with van der Waals surface area (Å²) in [6, 6.07) is 3.50. The molecule has 3 aliphatic heterocycles. The van der Waals surface area contributed by atoms with Gasteiger partial charge in [0.2, 0.25) is 0 Å². The van der Waals surface area contributed by atoms with Crippen LogP contribution in [0.15, 0.2) is 12.1 Å². The highest BCUT2D eigenvalue weighted by atomic mass is 16.6. The Kier molecular flexibility index (Phi) is 5.73. The molecule has 1 spiro atoms. The molecule has 36 heavy (non-hydrogen) atoms. The summed E-state index contributed by atoms with van der Waals surface area (Å²) >= 11 is 0. The average Bonchev–Trinajstić information content (AvgIpc) is 3.01. The van der Waals surface area contributed by atoms with E-state index in [0.717, 1.165) is 56.4 Å². The SMILES string of the molecule is CN1CC[C@]23c4c5ccc(OC(=O)NCC(=O)NN6CCCCCC6)c4O[C@H]2C(=O)CC[C@@]3(O)[C@H]1C5. The van der Waals surface area contributed by atoms with Gasteiger partial charge in [0.15, 0.2) is 23.4 Å². The second kappa shape index (κ2) is 8.71. The lowest BCUT2D eigenvalue weighted by Crippen LogP contribution is -2.76. The number of ketones is 1. The summed E-state index contributed by atoms with van der Waals surface area (Å²) in [5, 5.41) is 16.4.